The maximum absolute atomic E-state index is 9.63. The van der Waals surface area contributed by atoms with Crippen LogP contribution in [0.5, 0.6) is 0 Å². The summed E-state index contributed by atoms with van der Waals surface area (Å²) in [7, 11) is -10.1. The molecule has 0 saturated carbocycles. The van der Waals surface area contributed by atoms with Gasteiger partial charge < -0.3 is 19.6 Å². The predicted molar refractivity (Wildman–Crippen MR) is 31.0 cm³/mol. The molecule has 0 aromatic carbocycles. The molecule has 0 aromatic heterocycles. The van der Waals surface area contributed by atoms with Gasteiger partial charge in [0.1, 0.15) is 0 Å². The van der Waals surface area contributed by atoms with Crippen LogP contribution in [0.15, 0.2) is 0 Å². The molecule has 0 saturated heterocycles. The molecule has 14 heavy (non-hydrogen) atoms. The average Bonchev–Trinajstić information content (AvgIpc) is 1.42. The first-order valence-corrected chi connectivity index (χ1v) is 8.72. The van der Waals surface area contributed by atoms with E-state index in [1.165, 1.54) is 0 Å². The Hall–Kier alpha value is 0.468. The van der Waals surface area contributed by atoms with Gasteiger partial charge in [-0.25, -0.2) is 9.13 Å². The van der Waals surface area contributed by atoms with Gasteiger partial charge in [0.2, 0.25) is 0 Å². The molecule has 6 N–H and O–H groups in total. The second-order valence-electron chi connectivity index (χ2n) is 1.51. The van der Waals surface area contributed by atoms with Crippen LogP contribution in [-0.2, 0) is 37.0 Å². The van der Waals surface area contributed by atoms with Crippen molar-refractivity contribution in [3.63, 3.8) is 0 Å². The summed E-state index contributed by atoms with van der Waals surface area (Å²) in [6, 6.07) is 0. The second kappa shape index (κ2) is 5.52. The van der Waals surface area contributed by atoms with Gasteiger partial charge in [-0.05, 0) is 0 Å². The van der Waals surface area contributed by atoms with E-state index in [1.54, 1.807) is 0 Å². The van der Waals surface area contributed by atoms with Crippen molar-refractivity contribution in [2.45, 2.75) is 0 Å². The Morgan fingerprint density at radius 2 is 1.00 bits per heavy atom. The van der Waals surface area contributed by atoms with Crippen LogP contribution in [0.1, 0.15) is 0 Å². The van der Waals surface area contributed by atoms with Crippen LogP contribution in [-0.4, -0.2) is 27.1 Å². The standard InChI is InChI=1S/Mo.H4O7P2.2H2O.2O/c;1-8(2,3)7-9(4,5)6;;;;/h;(H2,1,2,3)(H2,4,5,6);2*1H2;;/q+2;;;;;/p-2. The van der Waals surface area contributed by atoms with Crippen molar-refractivity contribution in [3.8, 4) is 0 Å². The monoisotopic (exact) mass is 342 g/mol. The zero-order chi connectivity index (χ0) is 12.2. The number of hydrogen-bond donors (Lipinski definition) is 6. The number of rotatable bonds is 2. The van der Waals surface area contributed by atoms with Crippen LogP contribution in [0.25, 0.3) is 0 Å². The van der Waals surface area contributed by atoms with Gasteiger partial charge in [0, 0.05) is 0 Å². The summed E-state index contributed by atoms with van der Waals surface area (Å²) < 4.78 is 54.2. The first-order valence-electron chi connectivity index (χ1n) is 2.23. The summed E-state index contributed by atoms with van der Waals surface area (Å²) in [6.07, 6.45) is 0. The van der Waals surface area contributed by atoms with Crippen molar-refractivity contribution in [1.29, 1.82) is 0 Å². The molecular formula is H6MoO11P2. The predicted octanol–water partition coefficient (Wildman–Crippen LogP) is -2.17. The molecule has 0 rings (SSSR count). The Bertz CT molecular complexity index is 307. The molecule has 0 aromatic rings. The van der Waals surface area contributed by atoms with Crippen molar-refractivity contribution >= 4 is 15.6 Å². The molecule has 14 heteroatoms. The Labute approximate surface area is 80.2 Å². The molecule has 0 unspecified atom stereocenters. The van der Waals surface area contributed by atoms with E-state index in [-0.39, 0.29) is 0 Å². The van der Waals surface area contributed by atoms with Gasteiger partial charge in [0.15, 0.2) is 0 Å². The third kappa shape index (κ3) is 39.2. The van der Waals surface area contributed by atoms with E-state index in [1.807, 2.05) is 0 Å². The van der Waals surface area contributed by atoms with Gasteiger partial charge >= 0.3 is 46.7 Å². The van der Waals surface area contributed by atoms with E-state index in [0.29, 0.717) is 0 Å². The molecule has 88 valence electrons. The van der Waals surface area contributed by atoms with E-state index in [0.717, 1.165) is 0 Å². The Morgan fingerprint density at radius 1 is 0.857 bits per heavy atom. The Morgan fingerprint density at radius 3 is 1.00 bits per heavy atom. The van der Waals surface area contributed by atoms with E-state index in [9.17, 15) is 9.13 Å². The first-order chi connectivity index (χ1) is 5.71. The van der Waals surface area contributed by atoms with Crippen LogP contribution < -0.4 is 0 Å². The summed E-state index contributed by atoms with van der Waals surface area (Å²) >= 11 is -5.52. The van der Waals surface area contributed by atoms with Gasteiger partial charge in [-0.1, -0.05) is 0 Å². The fourth-order valence-corrected chi connectivity index (χ4v) is 1.25. The quantitative estimate of drug-likeness (QED) is 0.236. The summed E-state index contributed by atoms with van der Waals surface area (Å²) in [5.74, 6) is 0. The van der Waals surface area contributed by atoms with Gasteiger partial charge in [-0.2, -0.15) is 4.31 Å². The van der Waals surface area contributed by atoms with Crippen molar-refractivity contribution in [3.05, 3.63) is 0 Å². The zero-order valence-corrected chi connectivity index (χ0v) is 9.82. The normalized spacial score (nSPS) is 13.0. The molecule has 0 radical (unpaired) electrons. The topological polar surface area (TPSA) is 199 Å². The van der Waals surface area contributed by atoms with Crippen LogP contribution >= 0.6 is 15.6 Å². The molecule has 0 heterocycles. The molecule has 0 atom stereocenters. The van der Waals surface area contributed by atoms with Crippen LogP contribution in [0, 0.1) is 0 Å². The maximum atomic E-state index is 9.63. The van der Waals surface area contributed by atoms with E-state index in [2.05, 4.69) is 4.31 Å². The summed E-state index contributed by atoms with van der Waals surface area (Å²) in [6.45, 7) is 0. The van der Waals surface area contributed by atoms with Crippen molar-refractivity contribution < 1.29 is 64.1 Å². The number of phosphoric acid groups is 2. The van der Waals surface area contributed by atoms with Gasteiger partial charge in [-0.15, -0.1) is 0 Å². The van der Waals surface area contributed by atoms with E-state index < -0.39 is 32.4 Å². The van der Waals surface area contributed by atoms with Crippen molar-refractivity contribution in [2.24, 2.45) is 0 Å². The minimum absolute atomic E-state index is 2.96. The fraction of sp³-hybridized carbons (Fsp3) is 0. The van der Waals surface area contributed by atoms with Gasteiger partial charge in [0.05, 0.1) is 0 Å². The fourth-order valence-electron chi connectivity index (χ4n) is 0.139. The molecule has 11 nitrogen and oxygen atoms in total. The molecule has 0 bridgehead atoms. The third-order valence-corrected chi connectivity index (χ3v) is 1.91. The average molecular weight is 340 g/mol. The molecule has 0 spiro atoms. The van der Waals surface area contributed by atoms with Crippen molar-refractivity contribution in [2.75, 3.05) is 0 Å². The van der Waals surface area contributed by atoms with Crippen molar-refractivity contribution in [1.82, 2.24) is 0 Å². The summed E-state index contributed by atoms with van der Waals surface area (Å²) in [4.78, 5) is 31.0. The van der Waals surface area contributed by atoms with Gasteiger partial charge in [0.25, 0.3) is 0 Å². The summed E-state index contributed by atoms with van der Waals surface area (Å²) in [5.41, 5.74) is 0. The SMILES string of the molecule is O=P(O)(O)OP(=O)(O)O.[O]=[Mo](=[O])([OH])[OH]. The number of hydrogen-bond acceptors (Lipinski definition) is 5. The summed E-state index contributed by atoms with van der Waals surface area (Å²) in [5, 5.41) is 0. The second-order valence-corrected chi connectivity index (χ2v) is 6.33. The molecule has 0 amide bonds. The molecule has 0 aliphatic rings. The minimum atomic E-state index is -5.52. The Kier molecular flexibility index (Phi) is 6.66. The third-order valence-electron chi connectivity index (χ3n) is 0.213. The molecular weight excluding hydrogens is 334 g/mol. The van der Waals surface area contributed by atoms with Crippen LogP contribution in [0.3, 0.4) is 0 Å². The van der Waals surface area contributed by atoms with E-state index in [4.69, 9.17) is 33.9 Å². The van der Waals surface area contributed by atoms with Crippen LogP contribution in [0.2, 0.25) is 0 Å². The first kappa shape index (κ1) is 16.9. The molecule has 0 aliphatic carbocycles. The molecule has 0 aliphatic heterocycles. The Balaban J connectivity index is 0. The molecule has 0 fully saturated rings. The zero-order valence-electron chi connectivity index (χ0n) is 6.03. The van der Waals surface area contributed by atoms with E-state index >= 15 is 0 Å². The van der Waals surface area contributed by atoms with Crippen LogP contribution in [0.4, 0.5) is 0 Å². The van der Waals surface area contributed by atoms with Gasteiger partial charge in [-0.3, -0.25) is 0 Å².